The van der Waals surface area contributed by atoms with Gasteiger partial charge in [0.2, 0.25) is 5.91 Å². The number of amides is 1. The number of morpholine rings is 1. The van der Waals surface area contributed by atoms with Crippen molar-refractivity contribution >= 4 is 5.91 Å². The zero-order valence-electron chi connectivity index (χ0n) is 11.7. The molecule has 2 fully saturated rings. The predicted molar refractivity (Wildman–Crippen MR) is 69.9 cm³/mol. The molecule has 0 unspecified atom stereocenters. The van der Waals surface area contributed by atoms with Crippen LogP contribution in [-0.2, 0) is 14.3 Å². The SMILES string of the molecule is Cc1nc([C@@H]2CN(C(=O)C3CCOCC3)CCO2)n[nH]1. The van der Waals surface area contributed by atoms with Crippen LogP contribution in [0.5, 0.6) is 0 Å². The zero-order chi connectivity index (χ0) is 13.9. The molecule has 0 radical (unpaired) electrons. The van der Waals surface area contributed by atoms with Gasteiger partial charge in [-0.2, -0.15) is 5.10 Å². The third kappa shape index (κ3) is 2.83. The summed E-state index contributed by atoms with van der Waals surface area (Å²) in [5.74, 6) is 1.70. The van der Waals surface area contributed by atoms with Crippen LogP contribution >= 0.6 is 0 Å². The van der Waals surface area contributed by atoms with E-state index in [-0.39, 0.29) is 17.9 Å². The van der Waals surface area contributed by atoms with Crippen LogP contribution in [-0.4, -0.2) is 58.9 Å². The fourth-order valence-corrected chi connectivity index (χ4v) is 2.71. The van der Waals surface area contributed by atoms with Gasteiger partial charge >= 0.3 is 0 Å². The lowest BCUT2D eigenvalue weighted by Crippen LogP contribution is -2.46. The number of hydrogen-bond donors (Lipinski definition) is 1. The molecule has 110 valence electrons. The van der Waals surface area contributed by atoms with Crippen molar-refractivity contribution in [1.82, 2.24) is 20.1 Å². The molecule has 3 heterocycles. The van der Waals surface area contributed by atoms with Gasteiger partial charge in [-0.3, -0.25) is 9.89 Å². The Morgan fingerprint density at radius 2 is 2.15 bits per heavy atom. The van der Waals surface area contributed by atoms with E-state index in [0.717, 1.165) is 18.7 Å². The fraction of sp³-hybridized carbons (Fsp3) is 0.769. The largest absolute Gasteiger partial charge is 0.381 e. The van der Waals surface area contributed by atoms with E-state index in [1.165, 1.54) is 0 Å². The van der Waals surface area contributed by atoms with E-state index in [4.69, 9.17) is 9.47 Å². The topological polar surface area (TPSA) is 80.3 Å². The standard InChI is InChI=1S/C13H20N4O3/c1-9-14-12(16-15-9)11-8-17(4-7-20-11)13(18)10-2-5-19-6-3-10/h10-11H,2-8H2,1H3,(H,14,15,16)/t11-/m0/s1. The van der Waals surface area contributed by atoms with Crippen LogP contribution in [0.1, 0.15) is 30.6 Å². The number of ether oxygens (including phenoxy) is 2. The Labute approximate surface area is 117 Å². The van der Waals surface area contributed by atoms with Crippen molar-refractivity contribution in [2.45, 2.75) is 25.9 Å². The van der Waals surface area contributed by atoms with Crippen LogP contribution in [0.2, 0.25) is 0 Å². The zero-order valence-corrected chi connectivity index (χ0v) is 11.7. The maximum Gasteiger partial charge on any atom is 0.226 e. The van der Waals surface area contributed by atoms with E-state index in [1.54, 1.807) is 0 Å². The molecule has 2 aliphatic heterocycles. The average Bonchev–Trinajstić information content (AvgIpc) is 2.94. The third-order valence-electron chi connectivity index (χ3n) is 3.85. The molecule has 2 saturated heterocycles. The van der Waals surface area contributed by atoms with E-state index < -0.39 is 0 Å². The van der Waals surface area contributed by atoms with Crippen molar-refractivity contribution in [3.63, 3.8) is 0 Å². The second-order valence-corrected chi connectivity index (χ2v) is 5.31. The summed E-state index contributed by atoms with van der Waals surface area (Å²) in [7, 11) is 0. The molecule has 0 aromatic carbocycles. The second-order valence-electron chi connectivity index (χ2n) is 5.31. The number of nitrogens with one attached hydrogen (secondary N) is 1. The van der Waals surface area contributed by atoms with Gasteiger partial charge in [-0.05, 0) is 19.8 Å². The number of hydrogen-bond acceptors (Lipinski definition) is 5. The average molecular weight is 280 g/mol. The minimum absolute atomic E-state index is 0.0939. The van der Waals surface area contributed by atoms with Crippen molar-refractivity contribution in [1.29, 1.82) is 0 Å². The molecular weight excluding hydrogens is 260 g/mol. The number of nitrogens with zero attached hydrogens (tertiary/aromatic N) is 3. The van der Waals surface area contributed by atoms with E-state index in [1.807, 2.05) is 11.8 Å². The van der Waals surface area contributed by atoms with Crippen molar-refractivity contribution in [3.05, 3.63) is 11.6 Å². The molecule has 20 heavy (non-hydrogen) atoms. The Hall–Kier alpha value is -1.47. The summed E-state index contributed by atoms with van der Waals surface area (Å²) in [4.78, 5) is 18.7. The molecule has 0 bridgehead atoms. The molecule has 3 rings (SSSR count). The number of H-pyrrole nitrogens is 1. The first-order valence-electron chi connectivity index (χ1n) is 7.11. The quantitative estimate of drug-likeness (QED) is 0.850. The first kappa shape index (κ1) is 13.5. The van der Waals surface area contributed by atoms with Crippen LogP contribution < -0.4 is 0 Å². The highest BCUT2D eigenvalue weighted by Crippen LogP contribution is 2.23. The molecule has 1 amide bonds. The van der Waals surface area contributed by atoms with E-state index >= 15 is 0 Å². The van der Waals surface area contributed by atoms with E-state index in [0.29, 0.717) is 38.7 Å². The highest BCUT2D eigenvalue weighted by atomic mass is 16.5. The molecule has 1 aromatic rings. The van der Waals surface area contributed by atoms with Crippen LogP contribution in [0.3, 0.4) is 0 Å². The Bertz CT molecular complexity index is 470. The normalized spacial score (nSPS) is 24.9. The first-order chi connectivity index (χ1) is 9.74. The van der Waals surface area contributed by atoms with Crippen molar-refractivity contribution in [2.24, 2.45) is 5.92 Å². The van der Waals surface area contributed by atoms with E-state index in [2.05, 4.69) is 15.2 Å². The molecule has 2 aliphatic rings. The summed E-state index contributed by atoms with van der Waals surface area (Å²) in [5, 5.41) is 6.94. The van der Waals surface area contributed by atoms with Crippen molar-refractivity contribution in [2.75, 3.05) is 32.9 Å². The number of carbonyl (C=O) groups excluding carboxylic acids is 1. The van der Waals surface area contributed by atoms with Gasteiger partial charge < -0.3 is 14.4 Å². The number of aromatic amines is 1. The molecule has 0 aliphatic carbocycles. The van der Waals surface area contributed by atoms with Gasteiger partial charge in [0.25, 0.3) is 0 Å². The monoisotopic (exact) mass is 280 g/mol. The lowest BCUT2D eigenvalue weighted by molar-refractivity contribution is -0.146. The minimum atomic E-state index is -0.225. The number of rotatable bonds is 2. The summed E-state index contributed by atoms with van der Waals surface area (Å²) >= 11 is 0. The Morgan fingerprint density at radius 3 is 2.85 bits per heavy atom. The van der Waals surface area contributed by atoms with Gasteiger partial charge in [-0.15, -0.1) is 0 Å². The highest BCUT2D eigenvalue weighted by Gasteiger charge is 2.32. The first-order valence-corrected chi connectivity index (χ1v) is 7.11. The van der Waals surface area contributed by atoms with E-state index in [9.17, 15) is 4.79 Å². The molecule has 1 atom stereocenters. The van der Waals surface area contributed by atoms with Crippen LogP contribution in [0, 0.1) is 12.8 Å². The Kier molecular flexibility index (Phi) is 3.98. The lowest BCUT2D eigenvalue weighted by Gasteiger charge is -2.35. The summed E-state index contributed by atoms with van der Waals surface area (Å²) in [5.41, 5.74) is 0. The van der Waals surface area contributed by atoms with Gasteiger partial charge in [0.15, 0.2) is 5.82 Å². The summed E-state index contributed by atoms with van der Waals surface area (Å²) in [6.45, 7) is 4.94. The van der Waals surface area contributed by atoms with Crippen LogP contribution in [0.15, 0.2) is 0 Å². The number of carbonyl (C=O) groups is 1. The molecule has 7 heteroatoms. The van der Waals surface area contributed by atoms with Gasteiger partial charge in [0, 0.05) is 25.7 Å². The summed E-state index contributed by atoms with van der Waals surface area (Å²) in [6, 6.07) is 0. The van der Waals surface area contributed by atoms with Crippen molar-refractivity contribution in [3.8, 4) is 0 Å². The molecule has 0 spiro atoms. The number of aromatic nitrogens is 3. The number of aryl methyl sites for hydroxylation is 1. The smallest absolute Gasteiger partial charge is 0.226 e. The minimum Gasteiger partial charge on any atom is -0.381 e. The maximum absolute atomic E-state index is 12.5. The molecule has 0 saturated carbocycles. The maximum atomic E-state index is 12.5. The van der Waals surface area contributed by atoms with Crippen molar-refractivity contribution < 1.29 is 14.3 Å². The molecular formula is C13H20N4O3. The van der Waals surface area contributed by atoms with Gasteiger partial charge in [-0.1, -0.05) is 0 Å². The summed E-state index contributed by atoms with van der Waals surface area (Å²) < 4.78 is 11.0. The molecule has 1 N–H and O–H groups in total. The van der Waals surface area contributed by atoms with Gasteiger partial charge in [0.1, 0.15) is 11.9 Å². The Morgan fingerprint density at radius 1 is 1.35 bits per heavy atom. The molecule has 1 aromatic heterocycles. The van der Waals surface area contributed by atoms with Gasteiger partial charge in [0.05, 0.1) is 13.2 Å². The summed E-state index contributed by atoms with van der Waals surface area (Å²) in [6.07, 6.45) is 1.42. The van der Waals surface area contributed by atoms with Crippen LogP contribution in [0.25, 0.3) is 0 Å². The second kappa shape index (κ2) is 5.88. The molecule has 7 nitrogen and oxygen atoms in total. The van der Waals surface area contributed by atoms with Crippen LogP contribution in [0.4, 0.5) is 0 Å². The Balaban J connectivity index is 1.63. The lowest BCUT2D eigenvalue weighted by atomic mass is 9.98. The predicted octanol–water partition coefficient (Wildman–Crippen LogP) is 0.440. The fourth-order valence-electron chi connectivity index (χ4n) is 2.71. The van der Waals surface area contributed by atoms with Gasteiger partial charge in [-0.25, -0.2) is 4.98 Å². The third-order valence-corrected chi connectivity index (χ3v) is 3.85. The highest BCUT2D eigenvalue weighted by molar-refractivity contribution is 5.79.